The number of pyridine rings is 1. The normalized spacial score (nSPS) is 10.3. The quantitative estimate of drug-likeness (QED) is 0.797. The van der Waals surface area contributed by atoms with Crippen molar-refractivity contribution in [1.29, 1.82) is 0 Å². The maximum atomic E-state index is 12.4. The highest BCUT2D eigenvalue weighted by Gasteiger charge is 2.09. The molecule has 1 N–H and O–H groups in total. The number of carbonyl (C=O) groups excluding carboxylic acids is 1. The molecule has 0 atom stereocenters. The van der Waals surface area contributed by atoms with E-state index in [4.69, 9.17) is 4.74 Å². The fraction of sp³-hybridized carbons (Fsp3) is 0.368. The number of ether oxygens (including phenoxy) is 1. The van der Waals surface area contributed by atoms with Crippen LogP contribution in [0.5, 0.6) is 5.75 Å². The lowest BCUT2D eigenvalue weighted by atomic mass is 10.2. The van der Waals surface area contributed by atoms with Crippen LogP contribution in [0.4, 0.5) is 11.4 Å². The maximum Gasteiger partial charge on any atom is 0.257 e. The SMILES string of the molecule is CCCCN(C)c1cncc(C(=O)Nc2ccc(OCC)cc2)c1. The van der Waals surface area contributed by atoms with Crippen molar-refractivity contribution in [3.8, 4) is 5.75 Å². The lowest BCUT2D eigenvalue weighted by Gasteiger charge is -2.19. The zero-order valence-corrected chi connectivity index (χ0v) is 14.6. The minimum atomic E-state index is -0.169. The largest absolute Gasteiger partial charge is 0.494 e. The summed E-state index contributed by atoms with van der Waals surface area (Å²) in [5.41, 5.74) is 2.22. The number of anilines is 2. The van der Waals surface area contributed by atoms with E-state index in [0.717, 1.165) is 36.5 Å². The van der Waals surface area contributed by atoms with Gasteiger partial charge in [-0.3, -0.25) is 9.78 Å². The van der Waals surface area contributed by atoms with Crippen LogP contribution in [0.15, 0.2) is 42.7 Å². The van der Waals surface area contributed by atoms with Crippen LogP contribution >= 0.6 is 0 Å². The Bertz CT molecular complexity index is 656. The molecule has 24 heavy (non-hydrogen) atoms. The second-order valence-electron chi connectivity index (χ2n) is 5.62. The van der Waals surface area contributed by atoms with Gasteiger partial charge in [0.1, 0.15) is 5.75 Å². The van der Waals surface area contributed by atoms with Crippen LogP contribution in [0.25, 0.3) is 0 Å². The monoisotopic (exact) mass is 327 g/mol. The number of benzene rings is 1. The Balaban J connectivity index is 2.03. The Morgan fingerprint density at radius 2 is 1.96 bits per heavy atom. The summed E-state index contributed by atoms with van der Waals surface area (Å²) in [5, 5.41) is 2.88. The number of rotatable bonds is 8. The van der Waals surface area contributed by atoms with Gasteiger partial charge < -0.3 is 15.0 Å². The first kappa shape index (κ1) is 17.8. The third-order valence-electron chi connectivity index (χ3n) is 3.70. The van der Waals surface area contributed by atoms with Crippen molar-refractivity contribution >= 4 is 17.3 Å². The number of hydrogen-bond acceptors (Lipinski definition) is 4. The highest BCUT2D eigenvalue weighted by Crippen LogP contribution is 2.18. The molecule has 0 bridgehead atoms. The molecule has 0 aliphatic heterocycles. The van der Waals surface area contributed by atoms with Gasteiger partial charge in [0.05, 0.1) is 24.1 Å². The van der Waals surface area contributed by atoms with E-state index in [0.29, 0.717) is 12.2 Å². The Hall–Kier alpha value is -2.56. The Labute approximate surface area is 143 Å². The van der Waals surface area contributed by atoms with E-state index in [-0.39, 0.29) is 5.91 Å². The molecule has 5 heteroatoms. The first-order valence-electron chi connectivity index (χ1n) is 8.34. The van der Waals surface area contributed by atoms with Gasteiger partial charge in [0.15, 0.2) is 0 Å². The molecule has 0 spiro atoms. The standard InChI is InChI=1S/C19H25N3O2/c1-4-6-11-22(3)17-12-15(13-20-14-17)19(23)21-16-7-9-18(10-8-16)24-5-2/h7-10,12-14H,4-6,11H2,1-3H3,(H,21,23). The summed E-state index contributed by atoms with van der Waals surface area (Å²) in [6, 6.07) is 9.20. The first-order valence-corrected chi connectivity index (χ1v) is 8.34. The summed E-state index contributed by atoms with van der Waals surface area (Å²) in [5.74, 6) is 0.620. The maximum absolute atomic E-state index is 12.4. The third kappa shape index (κ3) is 4.98. The first-order chi connectivity index (χ1) is 11.6. The highest BCUT2D eigenvalue weighted by molar-refractivity contribution is 6.04. The van der Waals surface area contributed by atoms with Gasteiger partial charge in [0.25, 0.3) is 5.91 Å². The molecular weight excluding hydrogens is 302 g/mol. The van der Waals surface area contributed by atoms with Gasteiger partial charge in [-0.05, 0) is 43.7 Å². The highest BCUT2D eigenvalue weighted by atomic mass is 16.5. The van der Waals surface area contributed by atoms with Crippen LogP contribution in [0.2, 0.25) is 0 Å². The van der Waals surface area contributed by atoms with E-state index >= 15 is 0 Å². The van der Waals surface area contributed by atoms with E-state index in [9.17, 15) is 4.79 Å². The average Bonchev–Trinajstić information content (AvgIpc) is 2.61. The van der Waals surface area contributed by atoms with Gasteiger partial charge >= 0.3 is 0 Å². The number of nitrogens with one attached hydrogen (secondary N) is 1. The fourth-order valence-electron chi connectivity index (χ4n) is 2.29. The summed E-state index contributed by atoms with van der Waals surface area (Å²) in [4.78, 5) is 18.7. The van der Waals surface area contributed by atoms with Gasteiger partial charge in [0.2, 0.25) is 0 Å². The van der Waals surface area contributed by atoms with E-state index in [1.165, 1.54) is 0 Å². The Morgan fingerprint density at radius 3 is 2.62 bits per heavy atom. The van der Waals surface area contributed by atoms with E-state index in [1.807, 2.05) is 44.3 Å². The number of amides is 1. The topological polar surface area (TPSA) is 54.5 Å². The van der Waals surface area contributed by atoms with Gasteiger partial charge in [-0.2, -0.15) is 0 Å². The number of carbonyl (C=O) groups is 1. The molecule has 2 rings (SSSR count). The molecule has 0 aliphatic carbocycles. The molecule has 0 saturated heterocycles. The van der Waals surface area contributed by atoms with Crippen LogP contribution in [0.1, 0.15) is 37.0 Å². The summed E-state index contributed by atoms with van der Waals surface area (Å²) < 4.78 is 5.40. The second kappa shape index (κ2) is 8.91. The van der Waals surface area contributed by atoms with Crippen LogP contribution in [-0.2, 0) is 0 Å². The molecular formula is C19H25N3O2. The van der Waals surface area contributed by atoms with Gasteiger partial charge in [-0.15, -0.1) is 0 Å². The van der Waals surface area contributed by atoms with Crippen molar-refractivity contribution < 1.29 is 9.53 Å². The smallest absolute Gasteiger partial charge is 0.257 e. The summed E-state index contributed by atoms with van der Waals surface area (Å²) >= 11 is 0. The molecule has 1 aromatic carbocycles. The molecule has 1 amide bonds. The molecule has 5 nitrogen and oxygen atoms in total. The van der Waals surface area contributed by atoms with Crippen molar-refractivity contribution in [2.75, 3.05) is 30.4 Å². The minimum Gasteiger partial charge on any atom is -0.494 e. The molecule has 1 heterocycles. The predicted octanol–water partition coefficient (Wildman–Crippen LogP) is 3.97. The van der Waals surface area contributed by atoms with E-state index < -0.39 is 0 Å². The average molecular weight is 327 g/mol. The van der Waals surface area contributed by atoms with Crippen molar-refractivity contribution in [2.24, 2.45) is 0 Å². The summed E-state index contributed by atoms with van der Waals surface area (Å²) in [7, 11) is 2.01. The van der Waals surface area contributed by atoms with Crippen LogP contribution in [0, 0.1) is 0 Å². The van der Waals surface area contributed by atoms with E-state index in [1.54, 1.807) is 12.4 Å². The number of unbranched alkanes of at least 4 members (excludes halogenated alkanes) is 1. The molecule has 2 aromatic rings. The second-order valence-corrected chi connectivity index (χ2v) is 5.62. The summed E-state index contributed by atoms with van der Waals surface area (Å²) in [6.45, 7) is 5.66. The lowest BCUT2D eigenvalue weighted by molar-refractivity contribution is 0.102. The summed E-state index contributed by atoms with van der Waals surface area (Å²) in [6.07, 6.45) is 5.61. The number of aromatic nitrogens is 1. The molecule has 0 fully saturated rings. The minimum absolute atomic E-state index is 0.169. The fourth-order valence-corrected chi connectivity index (χ4v) is 2.29. The van der Waals surface area contributed by atoms with Crippen molar-refractivity contribution in [1.82, 2.24) is 4.98 Å². The number of hydrogen-bond donors (Lipinski definition) is 1. The molecule has 0 saturated carbocycles. The van der Waals surface area contributed by atoms with Crippen molar-refractivity contribution in [2.45, 2.75) is 26.7 Å². The lowest BCUT2D eigenvalue weighted by Crippen LogP contribution is -2.19. The van der Waals surface area contributed by atoms with E-state index in [2.05, 4.69) is 22.1 Å². The molecule has 1 aromatic heterocycles. The van der Waals surface area contributed by atoms with Crippen molar-refractivity contribution in [3.63, 3.8) is 0 Å². The van der Waals surface area contributed by atoms with Gasteiger partial charge in [-0.25, -0.2) is 0 Å². The zero-order valence-electron chi connectivity index (χ0n) is 14.6. The zero-order chi connectivity index (χ0) is 17.4. The molecule has 0 unspecified atom stereocenters. The predicted molar refractivity (Wildman–Crippen MR) is 98.0 cm³/mol. The Morgan fingerprint density at radius 1 is 1.21 bits per heavy atom. The van der Waals surface area contributed by atoms with Gasteiger partial charge in [-0.1, -0.05) is 13.3 Å². The van der Waals surface area contributed by atoms with Crippen LogP contribution in [-0.4, -0.2) is 31.1 Å². The number of nitrogens with zero attached hydrogens (tertiary/aromatic N) is 2. The van der Waals surface area contributed by atoms with Crippen LogP contribution in [0.3, 0.4) is 0 Å². The molecule has 0 aliphatic rings. The van der Waals surface area contributed by atoms with Crippen molar-refractivity contribution in [3.05, 3.63) is 48.3 Å². The molecule has 0 radical (unpaired) electrons. The Kier molecular flexibility index (Phi) is 6.61. The molecule has 128 valence electrons. The van der Waals surface area contributed by atoms with Gasteiger partial charge in [0, 0.05) is 25.5 Å². The van der Waals surface area contributed by atoms with Crippen LogP contribution < -0.4 is 15.0 Å². The third-order valence-corrected chi connectivity index (χ3v) is 3.70.